The number of benzene rings is 2. The summed E-state index contributed by atoms with van der Waals surface area (Å²) in [6, 6.07) is 15.7. The maximum Gasteiger partial charge on any atom is 0.337 e. The summed E-state index contributed by atoms with van der Waals surface area (Å²) in [7, 11) is 0. The predicted molar refractivity (Wildman–Crippen MR) is 105 cm³/mol. The van der Waals surface area contributed by atoms with Crippen molar-refractivity contribution in [2.24, 2.45) is 0 Å². The van der Waals surface area contributed by atoms with Gasteiger partial charge in [0.1, 0.15) is 11.5 Å². The van der Waals surface area contributed by atoms with E-state index in [1.165, 1.54) is 17.8 Å². The van der Waals surface area contributed by atoms with E-state index >= 15 is 0 Å². The quantitative estimate of drug-likeness (QED) is 0.580. The Morgan fingerprint density at radius 1 is 1.15 bits per heavy atom. The summed E-state index contributed by atoms with van der Waals surface area (Å²) in [5.41, 5.74) is 1.47. The fraction of sp³-hybridized carbons (Fsp3) is 0. The number of thioether (sulfide) groups is 1. The van der Waals surface area contributed by atoms with Gasteiger partial charge in [-0.05, 0) is 36.4 Å². The van der Waals surface area contributed by atoms with E-state index in [1.807, 2.05) is 24.3 Å². The van der Waals surface area contributed by atoms with Crippen molar-refractivity contribution in [2.75, 3.05) is 5.32 Å². The molecule has 27 heavy (non-hydrogen) atoms. The van der Waals surface area contributed by atoms with Gasteiger partial charge in [0, 0.05) is 16.5 Å². The largest absolute Gasteiger partial charge is 0.478 e. The number of carbonyl (C=O) groups excluding carboxylic acids is 1. The molecule has 2 aromatic carbocycles. The van der Waals surface area contributed by atoms with E-state index in [0.717, 1.165) is 10.6 Å². The second-order valence-electron chi connectivity index (χ2n) is 5.76. The van der Waals surface area contributed by atoms with Crippen LogP contribution in [-0.4, -0.2) is 17.0 Å². The number of nitrogens with one attached hydrogen (secondary N) is 1. The number of para-hydroxylation sites is 1. The molecule has 2 N–H and O–H groups in total. The van der Waals surface area contributed by atoms with Crippen molar-refractivity contribution in [2.45, 2.75) is 4.90 Å². The highest BCUT2D eigenvalue weighted by atomic mass is 35.5. The molecule has 0 unspecified atom stereocenters. The van der Waals surface area contributed by atoms with Crippen LogP contribution in [0.5, 0.6) is 0 Å². The molecule has 7 heteroatoms. The van der Waals surface area contributed by atoms with Crippen molar-refractivity contribution in [1.82, 2.24) is 0 Å². The highest BCUT2D eigenvalue weighted by molar-refractivity contribution is 8.04. The Labute approximate surface area is 163 Å². The summed E-state index contributed by atoms with van der Waals surface area (Å²) in [4.78, 5) is 24.8. The van der Waals surface area contributed by atoms with E-state index in [9.17, 15) is 9.59 Å². The van der Waals surface area contributed by atoms with Gasteiger partial charge in [-0.1, -0.05) is 41.6 Å². The molecule has 0 fully saturated rings. The molecular weight excluding hydrogens is 386 g/mol. The van der Waals surface area contributed by atoms with E-state index in [2.05, 4.69) is 5.32 Å². The zero-order valence-electron chi connectivity index (χ0n) is 13.7. The van der Waals surface area contributed by atoms with Crippen LogP contribution < -0.4 is 5.32 Å². The number of carboxylic acid groups (broad SMARTS) is 1. The maximum atomic E-state index is 12.3. The number of furan rings is 1. The molecule has 134 valence electrons. The van der Waals surface area contributed by atoms with Crippen molar-refractivity contribution in [3.8, 4) is 11.3 Å². The molecule has 2 heterocycles. The summed E-state index contributed by atoms with van der Waals surface area (Å²) >= 11 is 7.39. The molecule has 1 amide bonds. The van der Waals surface area contributed by atoms with Crippen LogP contribution in [0.1, 0.15) is 16.1 Å². The Kier molecular flexibility index (Phi) is 4.51. The van der Waals surface area contributed by atoms with Crippen molar-refractivity contribution in [3.05, 3.63) is 75.8 Å². The average Bonchev–Trinajstić information content (AvgIpc) is 3.10. The molecule has 4 rings (SSSR count). The summed E-state index contributed by atoms with van der Waals surface area (Å²) in [6.45, 7) is 0. The molecule has 0 saturated heterocycles. The molecule has 1 aliphatic heterocycles. The number of aromatic carboxylic acids is 1. The highest BCUT2D eigenvalue weighted by Gasteiger charge is 2.21. The van der Waals surface area contributed by atoms with Gasteiger partial charge in [-0.25, -0.2) is 4.79 Å². The molecule has 1 aliphatic rings. The number of carboxylic acids is 1. The first-order chi connectivity index (χ1) is 13.0. The smallest absolute Gasteiger partial charge is 0.337 e. The molecule has 0 atom stereocenters. The minimum atomic E-state index is -1.09. The van der Waals surface area contributed by atoms with Crippen LogP contribution in [0.3, 0.4) is 0 Å². The number of carbonyl (C=O) groups is 2. The fourth-order valence-corrected chi connectivity index (χ4v) is 3.85. The minimum Gasteiger partial charge on any atom is -0.478 e. The monoisotopic (exact) mass is 397 g/mol. The Balaban J connectivity index is 1.62. The van der Waals surface area contributed by atoms with Crippen molar-refractivity contribution >= 4 is 47.0 Å². The van der Waals surface area contributed by atoms with E-state index < -0.39 is 5.97 Å². The van der Waals surface area contributed by atoms with Crippen LogP contribution >= 0.6 is 23.4 Å². The number of hydrogen-bond donors (Lipinski definition) is 2. The van der Waals surface area contributed by atoms with Crippen LogP contribution in [0, 0.1) is 0 Å². The van der Waals surface area contributed by atoms with E-state index in [1.54, 1.807) is 30.3 Å². The lowest BCUT2D eigenvalue weighted by atomic mass is 10.1. The first kappa shape index (κ1) is 17.5. The topological polar surface area (TPSA) is 79.5 Å². The van der Waals surface area contributed by atoms with E-state index in [0.29, 0.717) is 22.0 Å². The Morgan fingerprint density at radius 3 is 2.74 bits per heavy atom. The average molecular weight is 398 g/mol. The van der Waals surface area contributed by atoms with Gasteiger partial charge in [0.05, 0.1) is 21.2 Å². The molecular formula is C20H12ClNO4S. The molecule has 0 aliphatic carbocycles. The Hall–Kier alpha value is -2.96. The fourth-order valence-electron chi connectivity index (χ4n) is 2.66. The van der Waals surface area contributed by atoms with Gasteiger partial charge in [-0.15, -0.1) is 0 Å². The van der Waals surface area contributed by atoms with E-state index in [-0.39, 0.29) is 16.5 Å². The molecule has 0 saturated carbocycles. The summed E-state index contributed by atoms with van der Waals surface area (Å²) in [5.74, 6) is -0.231. The number of fused-ring (bicyclic) bond motifs is 1. The third-order valence-electron chi connectivity index (χ3n) is 3.96. The number of halogens is 1. The second-order valence-corrected chi connectivity index (χ2v) is 7.25. The van der Waals surface area contributed by atoms with Gasteiger partial charge in [-0.2, -0.15) is 0 Å². The lowest BCUT2D eigenvalue weighted by Crippen LogP contribution is -2.16. The van der Waals surface area contributed by atoms with Gasteiger partial charge in [0.25, 0.3) is 5.91 Å². The van der Waals surface area contributed by atoms with Crippen LogP contribution in [0.2, 0.25) is 5.02 Å². The van der Waals surface area contributed by atoms with Gasteiger partial charge in [-0.3, -0.25) is 4.79 Å². The summed E-state index contributed by atoms with van der Waals surface area (Å²) in [6.07, 6.45) is 1.67. The summed E-state index contributed by atoms with van der Waals surface area (Å²) in [5, 5.41) is 12.0. The normalized spacial score (nSPS) is 14.7. The third-order valence-corrected chi connectivity index (χ3v) is 5.37. The Morgan fingerprint density at radius 2 is 1.96 bits per heavy atom. The lowest BCUT2D eigenvalue weighted by molar-refractivity contribution is -0.112. The molecule has 0 bridgehead atoms. The second kappa shape index (κ2) is 6.98. The van der Waals surface area contributed by atoms with E-state index in [4.69, 9.17) is 21.1 Å². The third kappa shape index (κ3) is 3.49. The molecule has 3 aromatic rings. The van der Waals surface area contributed by atoms with Crippen molar-refractivity contribution in [1.29, 1.82) is 0 Å². The van der Waals surface area contributed by atoms with Gasteiger partial charge in [0.2, 0.25) is 0 Å². The highest BCUT2D eigenvalue weighted by Crippen LogP contribution is 2.39. The predicted octanol–water partition coefficient (Wildman–Crippen LogP) is 5.38. The summed E-state index contributed by atoms with van der Waals surface area (Å²) < 4.78 is 5.79. The number of rotatable bonds is 3. The van der Waals surface area contributed by atoms with Crippen LogP contribution in [0.4, 0.5) is 5.69 Å². The molecule has 0 radical (unpaired) electrons. The SMILES string of the molecule is O=C1Nc2ccccc2S/C1=C\c1ccc(-c2ccc(C(=O)O)c(Cl)c2)o1. The van der Waals surface area contributed by atoms with Crippen LogP contribution in [0.25, 0.3) is 17.4 Å². The number of hydrogen-bond acceptors (Lipinski definition) is 4. The van der Waals surface area contributed by atoms with Crippen molar-refractivity contribution in [3.63, 3.8) is 0 Å². The Bertz CT molecular complexity index is 1100. The van der Waals surface area contributed by atoms with Crippen LogP contribution in [-0.2, 0) is 4.79 Å². The first-order valence-electron chi connectivity index (χ1n) is 7.94. The maximum absolute atomic E-state index is 12.3. The standard InChI is InChI=1S/C20H12ClNO4S/c21-14-9-11(5-7-13(14)20(24)25)16-8-6-12(26-16)10-18-19(23)22-15-3-1-2-4-17(15)27-18/h1-10H,(H,22,23)(H,24,25)/b18-10-. The first-order valence-corrected chi connectivity index (χ1v) is 9.14. The molecule has 5 nitrogen and oxygen atoms in total. The minimum absolute atomic E-state index is 0.0308. The molecule has 0 spiro atoms. The van der Waals surface area contributed by atoms with Crippen molar-refractivity contribution < 1.29 is 19.1 Å². The van der Waals surface area contributed by atoms with Gasteiger partial charge >= 0.3 is 5.97 Å². The number of amides is 1. The van der Waals surface area contributed by atoms with Gasteiger partial charge < -0.3 is 14.8 Å². The zero-order chi connectivity index (χ0) is 19.0. The van der Waals surface area contributed by atoms with Gasteiger partial charge in [0.15, 0.2) is 0 Å². The zero-order valence-corrected chi connectivity index (χ0v) is 15.3. The number of anilines is 1. The molecule has 1 aromatic heterocycles. The lowest BCUT2D eigenvalue weighted by Gasteiger charge is -2.17. The van der Waals surface area contributed by atoms with Crippen LogP contribution in [0.15, 0.2) is 68.8 Å².